The fourth-order valence-corrected chi connectivity index (χ4v) is 4.00. The lowest BCUT2D eigenvalue weighted by atomic mass is 9.80. The highest BCUT2D eigenvalue weighted by Gasteiger charge is 2.38. The molecule has 1 N–H and O–H groups in total. The van der Waals surface area contributed by atoms with Crippen LogP contribution in [0.15, 0.2) is 0 Å². The highest BCUT2D eigenvalue weighted by Crippen LogP contribution is 2.30. The smallest absolute Gasteiger partial charge is 0.310 e. The standard InChI is InChI=1S/C18H31NO4/c1-3-22-17(20)13-9-5-7-11-15(13)19-16-12-8-6-10-14(16)18(21)23-4-2/h13-16,19H,3-12H2,1-2H3/t13-,14+,15-,16-/m1/s1. The van der Waals surface area contributed by atoms with Gasteiger partial charge >= 0.3 is 11.9 Å². The minimum atomic E-state index is -0.0896. The van der Waals surface area contributed by atoms with Gasteiger partial charge in [0.1, 0.15) is 0 Å². The van der Waals surface area contributed by atoms with Crippen LogP contribution in [-0.4, -0.2) is 37.2 Å². The zero-order valence-corrected chi connectivity index (χ0v) is 14.5. The van der Waals surface area contributed by atoms with Crippen LogP contribution < -0.4 is 5.32 Å². The molecule has 0 saturated heterocycles. The second kappa shape index (κ2) is 9.26. The van der Waals surface area contributed by atoms with Crippen LogP contribution in [0.5, 0.6) is 0 Å². The topological polar surface area (TPSA) is 64.6 Å². The van der Waals surface area contributed by atoms with Crippen LogP contribution in [0.1, 0.15) is 65.2 Å². The molecule has 5 heteroatoms. The Kier molecular flexibility index (Phi) is 7.34. The zero-order chi connectivity index (χ0) is 16.7. The Morgan fingerprint density at radius 1 is 0.783 bits per heavy atom. The van der Waals surface area contributed by atoms with Crippen molar-refractivity contribution in [3.63, 3.8) is 0 Å². The van der Waals surface area contributed by atoms with Gasteiger partial charge in [-0.2, -0.15) is 0 Å². The zero-order valence-electron chi connectivity index (χ0n) is 14.5. The highest BCUT2D eigenvalue weighted by molar-refractivity contribution is 5.74. The maximum absolute atomic E-state index is 12.2. The van der Waals surface area contributed by atoms with E-state index in [0.717, 1.165) is 51.4 Å². The normalized spacial score (nSPS) is 31.4. The largest absolute Gasteiger partial charge is 0.466 e. The maximum atomic E-state index is 12.2. The van der Waals surface area contributed by atoms with Crippen molar-refractivity contribution in [1.29, 1.82) is 0 Å². The van der Waals surface area contributed by atoms with Gasteiger partial charge in [0.15, 0.2) is 0 Å². The first-order chi connectivity index (χ1) is 11.2. The molecule has 23 heavy (non-hydrogen) atoms. The maximum Gasteiger partial charge on any atom is 0.310 e. The molecule has 0 aromatic carbocycles. The lowest BCUT2D eigenvalue weighted by molar-refractivity contribution is -0.151. The van der Waals surface area contributed by atoms with Crippen molar-refractivity contribution in [3.05, 3.63) is 0 Å². The summed E-state index contributed by atoms with van der Waals surface area (Å²) < 4.78 is 10.5. The molecular weight excluding hydrogens is 294 g/mol. The van der Waals surface area contributed by atoms with Crippen LogP contribution in [0, 0.1) is 11.8 Å². The van der Waals surface area contributed by atoms with Gasteiger partial charge in [-0.1, -0.05) is 25.7 Å². The first kappa shape index (κ1) is 18.2. The molecule has 2 rings (SSSR count). The third-order valence-electron chi connectivity index (χ3n) is 5.14. The number of ether oxygens (including phenoxy) is 2. The molecule has 0 radical (unpaired) electrons. The van der Waals surface area contributed by atoms with Crippen molar-refractivity contribution in [2.45, 2.75) is 77.3 Å². The molecule has 0 unspecified atom stereocenters. The molecule has 0 amide bonds. The van der Waals surface area contributed by atoms with Gasteiger partial charge in [-0.05, 0) is 39.5 Å². The van der Waals surface area contributed by atoms with Gasteiger partial charge in [0, 0.05) is 12.1 Å². The van der Waals surface area contributed by atoms with Crippen LogP contribution in [0.2, 0.25) is 0 Å². The SMILES string of the molecule is CCOC(=O)[C@H]1CCCC[C@H]1N[C@@H]1CCCC[C@H]1C(=O)OCC. The Hall–Kier alpha value is -1.10. The highest BCUT2D eigenvalue weighted by atomic mass is 16.5. The predicted octanol–water partition coefficient (Wildman–Crippen LogP) is 2.82. The summed E-state index contributed by atoms with van der Waals surface area (Å²) in [4.78, 5) is 24.4. The molecule has 4 atom stereocenters. The van der Waals surface area contributed by atoms with Crippen molar-refractivity contribution in [1.82, 2.24) is 5.32 Å². The molecule has 132 valence electrons. The Bertz CT molecular complexity index is 362. The molecule has 2 fully saturated rings. The molecule has 0 spiro atoms. The molecule has 0 aliphatic heterocycles. The summed E-state index contributed by atoms with van der Waals surface area (Å²) >= 11 is 0. The second-order valence-electron chi connectivity index (χ2n) is 6.67. The van der Waals surface area contributed by atoms with Crippen LogP contribution in [-0.2, 0) is 19.1 Å². The number of rotatable bonds is 6. The third kappa shape index (κ3) is 4.93. The molecule has 0 heterocycles. The van der Waals surface area contributed by atoms with E-state index in [4.69, 9.17) is 9.47 Å². The summed E-state index contributed by atoms with van der Waals surface area (Å²) in [5.41, 5.74) is 0. The monoisotopic (exact) mass is 325 g/mol. The molecule has 2 aliphatic rings. The van der Waals surface area contributed by atoms with Gasteiger partial charge < -0.3 is 14.8 Å². The minimum Gasteiger partial charge on any atom is -0.466 e. The lowest BCUT2D eigenvalue weighted by Gasteiger charge is -2.38. The van der Waals surface area contributed by atoms with E-state index in [1.165, 1.54) is 0 Å². The number of hydrogen-bond donors (Lipinski definition) is 1. The van der Waals surface area contributed by atoms with E-state index < -0.39 is 0 Å². The van der Waals surface area contributed by atoms with Gasteiger partial charge in [-0.25, -0.2) is 0 Å². The fraction of sp³-hybridized carbons (Fsp3) is 0.889. The minimum absolute atomic E-state index is 0.0755. The third-order valence-corrected chi connectivity index (χ3v) is 5.14. The van der Waals surface area contributed by atoms with E-state index in [0.29, 0.717) is 13.2 Å². The van der Waals surface area contributed by atoms with E-state index in [1.54, 1.807) is 0 Å². The predicted molar refractivity (Wildman–Crippen MR) is 87.9 cm³/mol. The average molecular weight is 325 g/mol. The summed E-state index contributed by atoms with van der Waals surface area (Å²) in [6.45, 7) is 4.55. The number of carbonyl (C=O) groups excluding carboxylic acids is 2. The van der Waals surface area contributed by atoms with Crippen molar-refractivity contribution >= 4 is 11.9 Å². The Morgan fingerprint density at radius 2 is 1.17 bits per heavy atom. The van der Waals surface area contributed by atoms with Crippen LogP contribution >= 0.6 is 0 Å². The number of nitrogens with one attached hydrogen (secondary N) is 1. The van der Waals surface area contributed by atoms with E-state index >= 15 is 0 Å². The van der Waals surface area contributed by atoms with Crippen LogP contribution in [0.4, 0.5) is 0 Å². The summed E-state index contributed by atoms with van der Waals surface area (Å²) in [7, 11) is 0. The molecular formula is C18H31NO4. The van der Waals surface area contributed by atoms with Crippen LogP contribution in [0.3, 0.4) is 0 Å². The lowest BCUT2D eigenvalue weighted by Crippen LogP contribution is -2.52. The summed E-state index contributed by atoms with van der Waals surface area (Å²) in [6.07, 6.45) is 8.14. The quantitative estimate of drug-likeness (QED) is 0.761. The van der Waals surface area contributed by atoms with Crippen molar-refractivity contribution in [2.24, 2.45) is 11.8 Å². The van der Waals surface area contributed by atoms with Gasteiger partial charge in [0.2, 0.25) is 0 Å². The van der Waals surface area contributed by atoms with Gasteiger partial charge in [0.25, 0.3) is 0 Å². The summed E-state index contributed by atoms with van der Waals surface area (Å²) in [6, 6.07) is 0.255. The van der Waals surface area contributed by atoms with E-state index in [-0.39, 0.29) is 35.9 Å². The first-order valence-corrected chi connectivity index (χ1v) is 9.26. The number of carbonyl (C=O) groups is 2. The molecule has 0 aromatic heterocycles. The van der Waals surface area contributed by atoms with Crippen LogP contribution in [0.25, 0.3) is 0 Å². The molecule has 2 aliphatic carbocycles. The Morgan fingerprint density at radius 3 is 1.57 bits per heavy atom. The van der Waals surface area contributed by atoms with Crippen molar-refractivity contribution in [2.75, 3.05) is 13.2 Å². The van der Waals surface area contributed by atoms with Crippen molar-refractivity contribution < 1.29 is 19.1 Å². The Balaban J connectivity index is 2.00. The van der Waals surface area contributed by atoms with Gasteiger partial charge in [0.05, 0.1) is 25.0 Å². The molecule has 0 aromatic rings. The van der Waals surface area contributed by atoms with Gasteiger partial charge in [-0.3, -0.25) is 9.59 Å². The van der Waals surface area contributed by atoms with E-state index in [1.807, 2.05) is 13.8 Å². The van der Waals surface area contributed by atoms with Gasteiger partial charge in [-0.15, -0.1) is 0 Å². The van der Waals surface area contributed by atoms with Crippen molar-refractivity contribution in [3.8, 4) is 0 Å². The fourth-order valence-electron chi connectivity index (χ4n) is 4.00. The Labute approximate surface area is 139 Å². The van der Waals surface area contributed by atoms with E-state index in [9.17, 15) is 9.59 Å². The molecule has 0 bridgehead atoms. The summed E-state index contributed by atoms with van der Waals surface area (Å²) in [5, 5.41) is 3.63. The molecule has 2 saturated carbocycles. The number of hydrogen-bond acceptors (Lipinski definition) is 5. The molecule has 5 nitrogen and oxygen atoms in total. The average Bonchev–Trinajstić information content (AvgIpc) is 2.56. The number of esters is 2. The second-order valence-corrected chi connectivity index (χ2v) is 6.67. The summed E-state index contributed by atoms with van der Waals surface area (Å²) in [5.74, 6) is -0.330. The van der Waals surface area contributed by atoms with E-state index in [2.05, 4.69) is 5.32 Å². The first-order valence-electron chi connectivity index (χ1n) is 9.26.